The van der Waals surface area contributed by atoms with Crippen molar-refractivity contribution in [1.29, 1.82) is 0 Å². The van der Waals surface area contributed by atoms with Crippen LogP contribution in [-0.4, -0.2) is 19.5 Å². The van der Waals surface area contributed by atoms with Gasteiger partial charge >= 0.3 is 0 Å². The van der Waals surface area contributed by atoms with Crippen LogP contribution in [0.1, 0.15) is 23.6 Å². The maximum atomic E-state index is 13.6. The summed E-state index contributed by atoms with van der Waals surface area (Å²) in [6.45, 7) is 1.70. The summed E-state index contributed by atoms with van der Waals surface area (Å²) in [6.07, 6.45) is 3.17. The Hall–Kier alpha value is -2.56. The molecule has 0 saturated carbocycles. The van der Waals surface area contributed by atoms with Gasteiger partial charge in [-0.1, -0.05) is 6.92 Å². The monoisotopic (exact) mass is 302 g/mol. The molecule has 22 heavy (non-hydrogen) atoms. The third kappa shape index (κ3) is 3.97. The molecule has 3 nitrogen and oxygen atoms in total. The predicted molar refractivity (Wildman–Crippen MR) is 83.9 cm³/mol. The largest absolute Gasteiger partial charge is 0.497 e. The van der Waals surface area contributed by atoms with Crippen molar-refractivity contribution < 1.29 is 13.5 Å². The van der Waals surface area contributed by atoms with Crippen LogP contribution in [0.5, 0.6) is 5.75 Å². The maximum Gasteiger partial charge on any atom is 0.129 e. The van der Waals surface area contributed by atoms with Crippen LogP contribution < -0.4 is 4.74 Å². The highest BCUT2D eigenvalue weighted by atomic mass is 19.1. The predicted octanol–water partition coefficient (Wildman–Crippen LogP) is 3.99. The van der Waals surface area contributed by atoms with Crippen LogP contribution in [0.4, 0.5) is 8.78 Å². The molecule has 0 fully saturated rings. The Bertz CT molecular complexity index is 671. The first-order valence-electron chi connectivity index (χ1n) is 6.82. The zero-order valence-corrected chi connectivity index (χ0v) is 12.4. The Morgan fingerprint density at radius 3 is 2.00 bits per heavy atom. The maximum absolute atomic E-state index is 13.6. The molecule has 0 aromatic heterocycles. The number of hydrogen-bond acceptors (Lipinski definition) is 3. The van der Waals surface area contributed by atoms with Crippen molar-refractivity contribution >= 4 is 12.4 Å². The van der Waals surface area contributed by atoms with Gasteiger partial charge in [-0.2, -0.15) is 10.2 Å². The van der Waals surface area contributed by atoms with Crippen molar-refractivity contribution in [2.45, 2.75) is 13.3 Å². The normalized spacial score (nSPS) is 11.5. The zero-order valence-electron chi connectivity index (χ0n) is 12.4. The summed E-state index contributed by atoms with van der Waals surface area (Å²) in [7, 11) is 1.59. The van der Waals surface area contributed by atoms with E-state index in [1.54, 1.807) is 32.4 Å². The number of benzene rings is 2. The minimum atomic E-state index is -0.567. The standard InChI is InChI=1S/C17H16F2N2O/c1-3-15-16(18)8-13(9-17(15)19)11-21-20-10-12-4-6-14(22-2)7-5-12/h4-11H,3H2,1-2H3/b20-10+,21-11+. The second-order valence-electron chi connectivity index (χ2n) is 4.58. The molecule has 0 spiro atoms. The minimum absolute atomic E-state index is 0.0823. The van der Waals surface area contributed by atoms with Gasteiger partial charge in [-0.3, -0.25) is 0 Å². The van der Waals surface area contributed by atoms with E-state index in [9.17, 15) is 8.78 Å². The lowest BCUT2D eigenvalue weighted by atomic mass is 10.1. The molecule has 2 aromatic rings. The van der Waals surface area contributed by atoms with E-state index in [4.69, 9.17) is 4.74 Å². The molecule has 2 rings (SSSR count). The molecule has 0 heterocycles. The Kier molecular flexibility index (Phi) is 5.36. The summed E-state index contributed by atoms with van der Waals surface area (Å²) in [5, 5.41) is 7.65. The van der Waals surface area contributed by atoms with Crippen LogP contribution in [0.25, 0.3) is 0 Å². The lowest BCUT2D eigenvalue weighted by molar-refractivity contribution is 0.415. The van der Waals surface area contributed by atoms with Gasteiger partial charge in [0.15, 0.2) is 0 Å². The lowest BCUT2D eigenvalue weighted by Gasteiger charge is -2.02. The molecule has 5 heteroatoms. The number of halogens is 2. The molecule has 0 aliphatic carbocycles. The Labute approximate surface area is 128 Å². The van der Waals surface area contributed by atoms with E-state index in [0.717, 1.165) is 11.3 Å². The van der Waals surface area contributed by atoms with Crippen molar-refractivity contribution in [3.63, 3.8) is 0 Å². The summed E-state index contributed by atoms with van der Waals surface area (Å²) in [4.78, 5) is 0. The molecule has 0 amide bonds. The molecule has 2 aromatic carbocycles. The fraction of sp³-hybridized carbons (Fsp3) is 0.176. The Morgan fingerprint density at radius 2 is 1.50 bits per heavy atom. The number of hydrogen-bond donors (Lipinski definition) is 0. The number of nitrogens with zero attached hydrogens (tertiary/aromatic N) is 2. The minimum Gasteiger partial charge on any atom is -0.497 e. The summed E-state index contributed by atoms with van der Waals surface area (Å²) >= 11 is 0. The molecule has 114 valence electrons. The van der Waals surface area contributed by atoms with Crippen LogP contribution in [0.15, 0.2) is 46.6 Å². The summed E-state index contributed by atoms with van der Waals surface area (Å²) in [5.74, 6) is -0.381. The van der Waals surface area contributed by atoms with E-state index in [-0.39, 0.29) is 5.56 Å². The SMILES string of the molecule is CCc1c(F)cc(/C=N/N=C/c2ccc(OC)cc2)cc1F. The smallest absolute Gasteiger partial charge is 0.129 e. The third-order valence-corrected chi connectivity index (χ3v) is 3.11. The molecule has 0 atom stereocenters. The molecule has 0 saturated heterocycles. The van der Waals surface area contributed by atoms with E-state index < -0.39 is 11.6 Å². The van der Waals surface area contributed by atoms with Gasteiger partial charge in [0, 0.05) is 11.1 Å². The zero-order chi connectivity index (χ0) is 15.9. The number of ether oxygens (including phenoxy) is 1. The van der Waals surface area contributed by atoms with Crippen LogP contribution in [0.2, 0.25) is 0 Å². The van der Waals surface area contributed by atoms with Crippen LogP contribution in [0.3, 0.4) is 0 Å². The van der Waals surface area contributed by atoms with Crippen molar-refractivity contribution in [2.24, 2.45) is 10.2 Å². The quantitative estimate of drug-likeness (QED) is 0.607. The number of methoxy groups -OCH3 is 1. The Balaban J connectivity index is 2.07. The fourth-order valence-electron chi connectivity index (χ4n) is 1.92. The number of rotatable bonds is 5. The van der Waals surface area contributed by atoms with Crippen molar-refractivity contribution in [1.82, 2.24) is 0 Å². The lowest BCUT2D eigenvalue weighted by Crippen LogP contribution is -1.96. The second-order valence-corrected chi connectivity index (χ2v) is 4.58. The second kappa shape index (κ2) is 7.45. The van der Waals surface area contributed by atoms with Gasteiger partial charge in [0.2, 0.25) is 0 Å². The van der Waals surface area contributed by atoms with Gasteiger partial charge in [-0.15, -0.1) is 0 Å². The molecule has 0 aliphatic rings. The first-order chi connectivity index (χ1) is 10.6. The average Bonchev–Trinajstić information content (AvgIpc) is 2.52. The first kappa shape index (κ1) is 15.8. The molecule has 0 N–H and O–H groups in total. The third-order valence-electron chi connectivity index (χ3n) is 3.11. The first-order valence-corrected chi connectivity index (χ1v) is 6.82. The highest BCUT2D eigenvalue weighted by Crippen LogP contribution is 2.15. The van der Waals surface area contributed by atoms with E-state index in [2.05, 4.69) is 10.2 Å². The van der Waals surface area contributed by atoms with Gasteiger partial charge in [0.25, 0.3) is 0 Å². The summed E-state index contributed by atoms with van der Waals surface area (Å²) in [5.41, 5.74) is 1.26. The average molecular weight is 302 g/mol. The molecule has 0 bridgehead atoms. The van der Waals surface area contributed by atoms with Crippen LogP contribution in [0, 0.1) is 11.6 Å². The van der Waals surface area contributed by atoms with Crippen LogP contribution >= 0.6 is 0 Å². The van der Waals surface area contributed by atoms with Gasteiger partial charge in [-0.25, -0.2) is 8.78 Å². The van der Waals surface area contributed by atoms with E-state index >= 15 is 0 Å². The molecule has 0 radical (unpaired) electrons. The molecular weight excluding hydrogens is 286 g/mol. The van der Waals surface area contributed by atoms with Crippen LogP contribution in [-0.2, 0) is 6.42 Å². The molecule has 0 unspecified atom stereocenters. The molecule has 0 aliphatic heterocycles. The summed E-state index contributed by atoms with van der Waals surface area (Å²) < 4.78 is 32.3. The highest BCUT2D eigenvalue weighted by molar-refractivity contribution is 5.82. The van der Waals surface area contributed by atoms with Gasteiger partial charge in [0.05, 0.1) is 19.5 Å². The Morgan fingerprint density at radius 1 is 0.955 bits per heavy atom. The fourth-order valence-corrected chi connectivity index (χ4v) is 1.92. The molecular formula is C17H16F2N2O. The summed E-state index contributed by atoms with van der Waals surface area (Å²) in [6, 6.07) is 9.75. The van der Waals surface area contributed by atoms with E-state index in [1.165, 1.54) is 18.3 Å². The van der Waals surface area contributed by atoms with Crippen molar-refractivity contribution in [2.75, 3.05) is 7.11 Å². The van der Waals surface area contributed by atoms with Crippen molar-refractivity contribution in [3.8, 4) is 5.75 Å². The van der Waals surface area contributed by atoms with E-state index in [1.807, 2.05) is 12.1 Å². The van der Waals surface area contributed by atoms with E-state index in [0.29, 0.717) is 12.0 Å². The van der Waals surface area contributed by atoms with Gasteiger partial charge in [-0.05, 0) is 48.4 Å². The van der Waals surface area contributed by atoms with Crippen molar-refractivity contribution in [3.05, 3.63) is 64.7 Å². The van der Waals surface area contributed by atoms with Gasteiger partial charge < -0.3 is 4.74 Å². The highest BCUT2D eigenvalue weighted by Gasteiger charge is 2.08. The van der Waals surface area contributed by atoms with Gasteiger partial charge in [0.1, 0.15) is 17.4 Å². The topological polar surface area (TPSA) is 34.0 Å².